The molecule has 0 radical (unpaired) electrons. The highest BCUT2D eigenvalue weighted by molar-refractivity contribution is 7.11. The fourth-order valence-corrected chi connectivity index (χ4v) is 2.36. The zero-order valence-corrected chi connectivity index (χ0v) is 10.6. The lowest BCUT2D eigenvalue weighted by atomic mass is 10.1. The Morgan fingerprint density at radius 2 is 2.33 bits per heavy atom. The molecule has 2 rings (SSSR count). The number of nitrogens with one attached hydrogen (secondary N) is 1. The van der Waals surface area contributed by atoms with Gasteiger partial charge in [-0.15, -0.1) is 0 Å². The third-order valence-electron chi connectivity index (χ3n) is 2.50. The summed E-state index contributed by atoms with van der Waals surface area (Å²) in [5.41, 5.74) is 12.1. The van der Waals surface area contributed by atoms with Crippen molar-refractivity contribution in [3.63, 3.8) is 0 Å². The molecule has 0 aromatic carbocycles. The normalized spacial score (nSPS) is 12.1. The zero-order chi connectivity index (χ0) is 13.1. The third kappa shape index (κ3) is 2.40. The topological polar surface area (TPSA) is 107 Å². The van der Waals surface area contributed by atoms with E-state index >= 15 is 0 Å². The molecule has 7 heteroatoms. The number of nitrogens with zero attached hydrogens (tertiary/aromatic N) is 2. The Kier molecular flexibility index (Phi) is 3.42. The quantitative estimate of drug-likeness (QED) is 0.772. The maximum absolute atomic E-state index is 11.3. The van der Waals surface area contributed by atoms with E-state index < -0.39 is 5.91 Å². The number of nitrogens with two attached hydrogens (primary N) is 2. The molecule has 0 spiro atoms. The second kappa shape index (κ2) is 5.01. The molecule has 1 unspecified atom stereocenters. The van der Waals surface area contributed by atoms with Crippen LogP contribution in [0.4, 0.5) is 10.8 Å². The summed E-state index contributed by atoms with van der Waals surface area (Å²) in [7, 11) is 0. The lowest BCUT2D eigenvalue weighted by Crippen LogP contribution is -2.16. The van der Waals surface area contributed by atoms with Crippen molar-refractivity contribution in [2.24, 2.45) is 5.73 Å². The molecule has 0 aliphatic rings. The summed E-state index contributed by atoms with van der Waals surface area (Å²) >= 11 is 1.12. The smallest absolute Gasteiger partial charge is 0.255 e. The van der Waals surface area contributed by atoms with E-state index in [1.54, 1.807) is 12.4 Å². The number of carbonyl (C=O) groups is 1. The van der Waals surface area contributed by atoms with E-state index in [9.17, 15) is 4.79 Å². The molecular formula is C11H13N5OS. The number of nitrogen functional groups attached to an aromatic ring is 1. The van der Waals surface area contributed by atoms with Crippen LogP contribution in [0.15, 0.2) is 24.5 Å². The molecule has 0 aliphatic heterocycles. The first-order valence-corrected chi connectivity index (χ1v) is 6.08. The van der Waals surface area contributed by atoms with Gasteiger partial charge in [0.1, 0.15) is 10.6 Å². The van der Waals surface area contributed by atoms with Crippen molar-refractivity contribution in [3.8, 4) is 0 Å². The minimum absolute atomic E-state index is 0.0170. The predicted molar refractivity (Wildman–Crippen MR) is 71.3 cm³/mol. The van der Waals surface area contributed by atoms with Crippen molar-refractivity contribution in [2.75, 3.05) is 11.1 Å². The summed E-state index contributed by atoms with van der Waals surface area (Å²) in [6.07, 6.45) is 3.46. The monoisotopic (exact) mass is 263 g/mol. The van der Waals surface area contributed by atoms with E-state index in [1.807, 2.05) is 19.1 Å². The lowest BCUT2D eigenvalue weighted by molar-refractivity contribution is 0.100. The van der Waals surface area contributed by atoms with E-state index in [0.29, 0.717) is 5.00 Å². The number of hydrogen-bond acceptors (Lipinski definition) is 6. The molecule has 18 heavy (non-hydrogen) atoms. The second-order valence-electron chi connectivity index (χ2n) is 3.79. The molecule has 2 aromatic rings. The van der Waals surface area contributed by atoms with Gasteiger partial charge in [-0.2, -0.15) is 4.37 Å². The molecular weight excluding hydrogens is 250 g/mol. The number of pyridine rings is 1. The number of anilines is 2. The predicted octanol–water partition coefficient (Wildman–Crippen LogP) is 1.39. The summed E-state index contributed by atoms with van der Waals surface area (Å²) in [6, 6.07) is 3.78. The van der Waals surface area contributed by atoms with E-state index in [0.717, 1.165) is 17.1 Å². The van der Waals surface area contributed by atoms with Crippen molar-refractivity contribution < 1.29 is 4.79 Å². The van der Waals surface area contributed by atoms with Gasteiger partial charge in [0.25, 0.3) is 5.91 Å². The van der Waals surface area contributed by atoms with Gasteiger partial charge in [-0.25, -0.2) is 0 Å². The highest BCUT2D eigenvalue weighted by Crippen LogP contribution is 2.29. The molecule has 0 fully saturated rings. The number of carbonyl (C=O) groups excluding carboxylic acids is 1. The number of hydrogen-bond donors (Lipinski definition) is 3. The van der Waals surface area contributed by atoms with Gasteiger partial charge in [0.2, 0.25) is 0 Å². The molecule has 2 aromatic heterocycles. The van der Waals surface area contributed by atoms with E-state index in [-0.39, 0.29) is 17.4 Å². The zero-order valence-electron chi connectivity index (χ0n) is 9.75. The van der Waals surface area contributed by atoms with Crippen LogP contribution < -0.4 is 16.8 Å². The lowest BCUT2D eigenvalue weighted by Gasteiger charge is -2.14. The maximum atomic E-state index is 11.3. The molecule has 94 valence electrons. The van der Waals surface area contributed by atoms with Crippen LogP contribution in [0.3, 0.4) is 0 Å². The van der Waals surface area contributed by atoms with Crippen LogP contribution in [-0.2, 0) is 0 Å². The van der Waals surface area contributed by atoms with Crippen molar-refractivity contribution in [1.82, 2.24) is 9.36 Å². The molecule has 6 nitrogen and oxygen atoms in total. The van der Waals surface area contributed by atoms with Gasteiger partial charge in [0, 0.05) is 12.4 Å². The molecule has 0 saturated heterocycles. The van der Waals surface area contributed by atoms with Gasteiger partial charge >= 0.3 is 0 Å². The van der Waals surface area contributed by atoms with Gasteiger partial charge in [0.15, 0.2) is 5.82 Å². The van der Waals surface area contributed by atoms with Crippen LogP contribution in [0.2, 0.25) is 0 Å². The Labute approximate surface area is 108 Å². The summed E-state index contributed by atoms with van der Waals surface area (Å²) in [4.78, 5) is 15.3. The number of aromatic nitrogens is 2. The first-order valence-electron chi connectivity index (χ1n) is 5.31. The molecule has 0 aliphatic carbocycles. The minimum Gasteiger partial charge on any atom is -0.382 e. The Morgan fingerprint density at radius 3 is 2.94 bits per heavy atom. The Balaban J connectivity index is 2.22. The van der Waals surface area contributed by atoms with Crippen LogP contribution in [0.1, 0.15) is 28.9 Å². The summed E-state index contributed by atoms with van der Waals surface area (Å²) in [5, 5.41) is 3.74. The Hall–Kier alpha value is -2.15. The van der Waals surface area contributed by atoms with Crippen molar-refractivity contribution in [1.29, 1.82) is 0 Å². The summed E-state index contributed by atoms with van der Waals surface area (Å²) in [5.74, 6) is -0.421. The van der Waals surface area contributed by atoms with Gasteiger partial charge < -0.3 is 16.8 Å². The van der Waals surface area contributed by atoms with Crippen LogP contribution >= 0.6 is 11.5 Å². The largest absolute Gasteiger partial charge is 0.382 e. The SMILES string of the molecule is CC(Nc1snc(N)c1C(N)=O)c1cccnc1. The van der Waals surface area contributed by atoms with Gasteiger partial charge in [0.05, 0.1) is 6.04 Å². The average Bonchev–Trinajstić information content (AvgIpc) is 2.71. The number of primary amides is 1. The van der Waals surface area contributed by atoms with E-state index in [4.69, 9.17) is 11.5 Å². The molecule has 2 heterocycles. The van der Waals surface area contributed by atoms with Gasteiger partial charge in [-0.05, 0) is 30.1 Å². The van der Waals surface area contributed by atoms with Crippen molar-refractivity contribution in [2.45, 2.75) is 13.0 Å². The highest BCUT2D eigenvalue weighted by atomic mass is 32.1. The maximum Gasteiger partial charge on any atom is 0.255 e. The number of rotatable bonds is 4. The Morgan fingerprint density at radius 1 is 1.56 bits per heavy atom. The van der Waals surface area contributed by atoms with Crippen molar-refractivity contribution >= 4 is 28.3 Å². The van der Waals surface area contributed by atoms with Crippen LogP contribution in [0.25, 0.3) is 0 Å². The molecule has 5 N–H and O–H groups in total. The van der Waals surface area contributed by atoms with Crippen LogP contribution in [-0.4, -0.2) is 15.3 Å². The van der Waals surface area contributed by atoms with Gasteiger partial charge in [-0.3, -0.25) is 9.78 Å². The average molecular weight is 263 g/mol. The Bertz CT molecular complexity index is 554. The van der Waals surface area contributed by atoms with Crippen molar-refractivity contribution in [3.05, 3.63) is 35.7 Å². The first kappa shape index (κ1) is 12.3. The van der Waals surface area contributed by atoms with Gasteiger partial charge in [-0.1, -0.05) is 6.07 Å². The third-order valence-corrected chi connectivity index (χ3v) is 3.29. The molecule has 1 amide bonds. The van der Waals surface area contributed by atoms with Crippen LogP contribution in [0, 0.1) is 0 Å². The standard InChI is InChI=1S/C11H13N5OS/c1-6(7-3-2-4-14-5-7)15-11-8(10(13)17)9(12)16-18-11/h2-6,15H,1H3,(H2,12,16)(H2,13,17). The van der Waals surface area contributed by atoms with Crippen LogP contribution in [0.5, 0.6) is 0 Å². The number of amides is 1. The summed E-state index contributed by atoms with van der Waals surface area (Å²) in [6.45, 7) is 1.96. The first-order chi connectivity index (χ1) is 8.59. The summed E-state index contributed by atoms with van der Waals surface area (Å²) < 4.78 is 3.93. The molecule has 0 saturated carbocycles. The molecule has 1 atom stereocenters. The fraction of sp³-hybridized carbons (Fsp3) is 0.182. The highest BCUT2D eigenvalue weighted by Gasteiger charge is 2.18. The van der Waals surface area contributed by atoms with E-state index in [1.165, 1.54) is 0 Å². The fourth-order valence-electron chi connectivity index (χ4n) is 1.55. The van der Waals surface area contributed by atoms with E-state index in [2.05, 4.69) is 14.7 Å². The second-order valence-corrected chi connectivity index (χ2v) is 4.56. The molecule has 0 bridgehead atoms. The minimum atomic E-state index is -0.581.